The highest BCUT2D eigenvalue weighted by Gasteiger charge is 2.41. The van der Waals surface area contributed by atoms with Gasteiger partial charge in [0.1, 0.15) is 5.69 Å². The van der Waals surface area contributed by atoms with Crippen LogP contribution in [0.4, 0.5) is 0 Å². The summed E-state index contributed by atoms with van der Waals surface area (Å²) in [6.45, 7) is 0. The molecule has 1 heterocycles. The molecule has 1 aromatic carbocycles. The van der Waals surface area contributed by atoms with E-state index in [-0.39, 0.29) is 5.91 Å². The van der Waals surface area contributed by atoms with Gasteiger partial charge >= 0.3 is 0 Å². The predicted molar refractivity (Wildman–Crippen MR) is 85.5 cm³/mol. The number of aliphatic hydroxyl groups excluding tert-OH is 1. The molecule has 6 nitrogen and oxygen atoms in total. The van der Waals surface area contributed by atoms with E-state index in [4.69, 9.17) is 5.73 Å². The summed E-state index contributed by atoms with van der Waals surface area (Å²) in [5.74, 6) is -1.39. The average Bonchev–Trinajstić information content (AvgIpc) is 2.94. The molecule has 0 saturated heterocycles. The number of likely N-dealkylation sites (N-methyl/N-ethyl adjacent to an activating group) is 1. The lowest BCUT2D eigenvalue weighted by Crippen LogP contribution is -2.45. The molecule has 1 fully saturated rings. The van der Waals surface area contributed by atoms with Crippen LogP contribution in [0.3, 0.4) is 0 Å². The SMILES string of the molecule is CN(C(=O)c1nccc2ccccc12)[C@@H]1CC[C@@H](C(N)=O)[C@@H]1O. The van der Waals surface area contributed by atoms with E-state index in [1.54, 1.807) is 13.2 Å². The number of carbonyl (C=O) groups excluding carboxylic acids is 2. The van der Waals surface area contributed by atoms with E-state index in [1.807, 2.05) is 30.3 Å². The Bertz CT molecular complexity index is 756. The van der Waals surface area contributed by atoms with Crippen LogP contribution < -0.4 is 5.73 Å². The van der Waals surface area contributed by atoms with E-state index in [0.29, 0.717) is 18.5 Å². The van der Waals surface area contributed by atoms with Gasteiger partial charge in [0.25, 0.3) is 5.91 Å². The molecule has 0 bridgehead atoms. The van der Waals surface area contributed by atoms with Gasteiger partial charge in [-0.3, -0.25) is 14.6 Å². The van der Waals surface area contributed by atoms with Gasteiger partial charge in [-0.2, -0.15) is 0 Å². The summed E-state index contributed by atoms with van der Waals surface area (Å²) in [4.78, 5) is 29.8. The minimum Gasteiger partial charge on any atom is -0.390 e. The predicted octanol–water partition coefficient (Wildman–Crippen LogP) is 0.932. The molecule has 3 rings (SSSR count). The summed E-state index contributed by atoms with van der Waals surface area (Å²) in [6.07, 6.45) is 1.70. The lowest BCUT2D eigenvalue weighted by Gasteiger charge is -2.28. The molecule has 23 heavy (non-hydrogen) atoms. The molecule has 0 aliphatic heterocycles. The fourth-order valence-corrected chi connectivity index (χ4v) is 3.30. The minimum atomic E-state index is -0.934. The average molecular weight is 313 g/mol. The molecular formula is C17H19N3O3. The van der Waals surface area contributed by atoms with Gasteiger partial charge in [0.2, 0.25) is 5.91 Å². The fourth-order valence-electron chi connectivity index (χ4n) is 3.30. The maximum absolute atomic E-state index is 12.8. The molecule has 0 unspecified atom stereocenters. The van der Waals surface area contributed by atoms with Crippen molar-refractivity contribution < 1.29 is 14.7 Å². The third-order valence-electron chi connectivity index (χ3n) is 4.64. The second-order valence-corrected chi connectivity index (χ2v) is 5.94. The van der Waals surface area contributed by atoms with E-state index in [0.717, 1.165) is 10.8 Å². The summed E-state index contributed by atoms with van der Waals surface area (Å²) in [7, 11) is 1.63. The maximum Gasteiger partial charge on any atom is 0.273 e. The topological polar surface area (TPSA) is 96.5 Å². The molecule has 6 heteroatoms. The van der Waals surface area contributed by atoms with E-state index in [9.17, 15) is 14.7 Å². The van der Waals surface area contributed by atoms with Crippen molar-refractivity contribution in [1.29, 1.82) is 0 Å². The molecule has 1 aliphatic carbocycles. The standard InChI is InChI=1S/C17H19N3O3/c1-20(13-7-6-12(15(13)21)16(18)22)17(23)14-11-5-3-2-4-10(11)8-9-19-14/h2-5,8-9,12-13,15,21H,6-7H2,1H3,(H2,18,22)/t12-,13-,15+/m1/s1. The zero-order chi connectivity index (χ0) is 16.6. The number of carbonyl (C=O) groups is 2. The Kier molecular flexibility index (Phi) is 4.00. The Balaban J connectivity index is 1.89. The van der Waals surface area contributed by atoms with Gasteiger partial charge in [-0.25, -0.2) is 0 Å². The molecule has 1 saturated carbocycles. The highest BCUT2D eigenvalue weighted by Crippen LogP contribution is 2.30. The number of nitrogens with two attached hydrogens (primary N) is 1. The fraction of sp³-hybridized carbons (Fsp3) is 0.353. The monoisotopic (exact) mass is 313 g/mol. The molecule has 3 N–H and O–H groups in total. The number of hydrogen-bond donors (Lipinski definition) is 2. The van der Waals surface area contributed by atoms with Crippen LogP contribution in [0.25, 0.3) is 10.8 Å². The molecule has 2 amide bonds. The number of pyridine rings is 1. The van der Waals surface area contributed by atoms with Crippen molar-refractivity contribution in [1.82, 2.24) is 9.88 Å². The number of aromatic nitrogens is 1. The van der Waals surface area contributed by atoms with Crippen molar-refractivity contribution in [3.8, 4) is 0 Å². The van der Waals surface area contributed by atoms with Gasteiger partial charge in [-0.05, 0) is 24.3 Å². The van der Waals surface area contributed by atoms with E-state index in [1.165, 1.54) is 4.90 Å². The van der Waals surface area contributed by atoms with Crippen molar-refractivity contribution in [3.05, 3.63) is 42.2 Å². The van der Waals surface area contributed by atoms with E-state index < -0.39 is 24.0 Å². The summed E-state index contributed by atoms with van der Waals surface area (Å²) < 4.78 is 0. The molecule has 120 valence electrons. The smallest absolute Gasteiger partial charge is 0.273 e. The number of amides is 2. The second-order valence-electron chi connectivity index (χ2n) is 5.94. The Morgan fingerprint density at radius 2 is 2.00 bits per heavy atom. The molecule has 3 atom stereocenters. The summed E-state index contributed by atoms with van der Waals surface area (Å²) in [6, 6.07) is 8.94. The minimum absolute atomic E-state index is 0.268. The van der Waals surface area contributed by atoms with Gasteiger partial charge < -0.3 is 15.7 Å². The van der Waals surface area contributed by atoms with Gasteiger partial charge in [0.15, 0.2) is 0 Å². The van der Waals surface area contributed by atoms with Crippen LogP contribution >= 0.6 is 0 Å². The first-order valence-electron chi connectivity index (χ1n) is 7.59. The van der Waals surface area contributed by atoms with Crippen LogP contribution in [-0.4, -0.2) is 46.0 Å². The molecular weight excluding hydrogens is 294 g/mol. The van der Waals surface area contributed by atoms with E-state index >= 15 is 0 Å². The third-order valence-corrected chi connectivity index (χ3v) is 4.64. The van der Waals surface area contributed by atoms with Gasteiger partial charge in [0.05, 0.1) is 18.1 Å². The molecule has 2 aromatic rings. The largest absolute Gasteiger partial charge is 0.390 e. The lowest BCUT2D eigenvalue weighted by atomic mass is 10.0. The Labute approximate surface area is 133 Å². The van der Waals surface area contributed by atoms with Crippen LogP contribution in [0.1, 0.15) is 23.3 Å². The van der Waals surface area contributed by atoms with Crippen molar-refractivity contribution in [2.75, 3.05) is 7.05 Å². The van der Waals surface area contributed by atoms with Gasteiger partial charge in [-0.1, -0.05) is 24.3 Å². The van der Waals surface area contributed by atoms with E-state index in [2.05, 4.69) is 4.98 Å². The Morgan fingerprint density at radius 1 is 1.26 bits per heavy atom. The van der Waals surface area contributed by atoms with Crippen molar-refractivity contribution in [3.63, 3.8) is 0 Å². The van der Waals surface area contributed by atoms with Crippen molar-refractivity contribution in [2.45, 2.75) is 25.0 Å². The summed E-state index contributed by atoms with van der Waals surface area (Å²) in [5.41, 5.74) is 5.64. The normalized spacial score (nSPS) is 23.8. The maximum atomic E-state index is 12.8. The van der Waals surface area contributed by atoms with Crippen molar-refractivity contribution >= 4 is 22.6 Å². The Hall–Kier alpha value is -2.47. The number of hydrogen-bond acceptors (Lipinski definition) is 4. The first kappa shape index (κ1) is 15.4. The van der Waals surface area contributed by atoms with Crippen LogP contribution in [0.15, 0.2) is 36.5 Å². The second kappa shape index (κ2) is 5.96. The molecule has 1 aromatic heterocycles. The highest BCUT2D eigenvalue weighted by atomic mass is 16.3. The van der Waals surface area contributed by atoms with Crippen molar-refractivity contribution in [2.24, 2.45) is 11.7 Å². The van der Waals surface area contributed by atoms with Gasteiger partial charge in [0, 0.05) is 18.6 Å². The number of rotatable bonds is 3. The lowest BCUT2D eigenvalue weighted by molar-refractivity contribution is -0.124. The first-order chi connectivity index (χ1) is 11.0. The molecule has 1 aliphatic rings. The van der Waals surface area contributed by atoms with Crippen LogP contribution in [-0.2, 0) is 4.79 Å². The first-order valence-corrected chi connectivity index (χ1v) is 7.59. The molecule has 0 radical (unpaired) electrons. The number of fused-ring (bicyclic) bond motifs is 1. The summed E-state index contributed by atoms with van der Waals surface area (Å²) in [5, 5.41) is 12.0. The van der Waals surface area contributed by atoms with Crippen LogP contribution in [0.2, 0.25) is 0 Å². The molecule has 0 spiro atoms. The van der Waals surface area contributed by atoms with Crippen LogP contribution in [0.5, 0.6) is 0 Å². The summed E-state index contributed by atoms with van der Waals surface area (Å²) >= 11 is 0. The Morgan fingerprint density at radius 3 is 2.70 bits per heavy atom. The number of nitrogens with zero attached hydrogens (tertiary/aromatic N) is 2. The number of primary amides is 1. The quantitative estimate of drug-likeness (QED) is 0.881. The zero-order valence-corrected chi connectivity index (χ0v) is 12.8. The highest BCUT2D eigenvalue weighted by molar-refractivity contribution is 6.05. The third kappa shape index (κ3) is 2.66. The number of benzene rings is 1. The van der Waals surface area contributed by atoms with Gasteiger partial charge in [-0.15, -0.1) is 0 Å². The number of aliphatic hydroxyl groups is 1. The van der Waals surface area contributed by atoms with Crippen LogP contribution in [0, 0.1) is 5.92 Å². The zero-order valence-electron chi connectivity index (χ0n) is 12.8.